The molecule has 30 heavy (non-hydrogen) atoms. The molecule has 0 saturated heterocycles. The van der Waals surface area contributed by atoms with E-state index in [2.05, 4.69) is 31.0 Å². The molecule has 0 bridgehead atoms. The van der Waals surface area contributed by atoms with Gasteiger partial charge in [-0.25, -0.2) is 0 Å². The Labute approximate surface area is 176 Å². The van der Waals surface area contributed by atoms with Crippen LogP contribution in [0.5, 0.6) is 11.5 Å². The maximum Gasteiger partial charge on any atom is 0.254 e. The molecule has 0 fully saturated rings. The van der Waals surface area contributed by atoms with Crippen LogP contribution in [-0.4, -0.2) is 42.3 Å². The number of hydrogen-bond donors (Lipinski definition) is 0. The topological polar surface area (TPSA) is 77.7 Å². The molecule has 0 aliphatic carbocycles. The number of carbonyl (C=O) groups is 1. The molecule has 1 heterocycles. The van der Waals surface area contributed by atoms with E-state index in [1.807, 2.05) is 30.3 Å². The van der Waals surface area contributed by atoms with Crippen LogP contribution in [0.2, 0.25) is 0 Å². The molecule has 1 amide bonds. The SMILES string of the molecule is COc1ccc(-c2nnc(CN(C)C(=O)c3ccc(C(C)(C)C)cc3)o2)cc1OC. The van der Waals surface area contributed by atoms with E-state index in [1.54, 1.807) is 38.3 Å². The van der Waals surface area contributed by atoms with Crippen molar-refractivity contribution in [1.82, 2.24) is 15.1 Å². The third-order valence-electron chi connectivity index (χ3n) is 4.81. The van der Waals surface area contributed by atoms with Crippen molar-refractivity contribution in [2.45, 2.75) is 32.7 Å². The zero-order valence-corrected chi connectivity index (χ0v) is 18.2. The van der Waals surface area contributed by atoms with Gasteiger partial charge in [0.25, 0.3) is 5.91 Å². The molecular weight excluding hydrogens is 382 g/mol. The van der Waals surface area contributed by atoms with Gasteiger partial charge >= 0.3 is 0 Å². The number of ether oxygens (including phenoxy) is 2. The van der Waals surface area contributed by atoms with Crippen LogP contribution >= 0.6 is 0 Å². The lowest BCUT2D eigenvalue weighted by atomic mass is 9.86. The summed E-state index contributed by atoms with van der Waals surface area (Å²) in [5.74, 6) is 1.77. The summed E-state index contributed by atoms with van der Waals surface area (Å²) in [6, 6.07) is 13.0. The van der Waals surface area contributed by atoms with Gasteiger partial charge in [0.1, 0.15) is 0 Å². The zero-order valence-electron chi connectivity index (χ0n) is 18.2. The van der Waals surface area contributed by atoms with Gasteiger partial charge in [-0.2, -0.15) is 0 Å². The lowest BCUT2D eigenvalue weighted by Crippen LogP contribution is -2.26. The van der Waals surface area contributed by atoms with E-state index in [9.17, 15) is 4.79 Å². The number of carbonyl (C=O) groups excluding carboxylic acids is 1. The van der Waals surface area contributed by atoms with E-state index in [0.717, 1.165) is 0 Å². The third-order valence-corrected chi connectivity index (χ3v) is 4.81. The first-order valence-corrected chi connectivity index (χ1v) is 9.63. The van der Waals surface area contributed by atoms with Gasteiger partial charge in [-0.05, 0) is 41.3 Å². The minimum Gasteiger partial charge on any atom is -0.493 e. The predicted molar refractivity (Wildman–Crippen MR) is 114 cm³/mol. The summed E-state index contributed by atoms with van der Waals surface area (Å²) in [6.07, 6.45) is 0. The molecule has 3 aromatic rings. The van der Waals surface area contributed by atoms with E-state index >= 15 is 0 Å². The highest BCUT2D eigenvalue weighted by molar-refractivity contribution is 5.94. The lowest BCUT2D eigenvalue weighted by molar-refractivity contribution is 0.0773. The molecule has 0 saturated carbocycles. The van der Waals surface area contributed by atoms with Crippen molar-refractivity contribution in [3.05, 3.63) is 59.5 Å². The zero-order chi connectivity index (χ0) is 21.9. The molecule has 7 heteroatoms. The number of methoxy groups -OCH3 is 2. The maximum atomic E-state index is 12.7. The maximum absolute atomic E-state index is 12.7. The second kappa shape index (κ2) is 8.57. The average molecular weight is 409 g/mol. The Morgan fingerprint density at radius 3 is 2.27 bits per heavy atom. The van der Waals surface area contributed by atoms with Gasteiger partial charge in [0.15, 0.2) is 11.5 Å². The highest BCUT2D eigenvalue weighted by Crippen LogP contribution is 2.31. The molecule has 0 spiro atoms. The highest BCUT2D eigenvalue weighted by atomic mass is 16.5. The van der Waals surface area contributed by atoms with Gasteiger partial charge in [0.05, 0.1) is 20.8 Å². The molecule has 3 rings (SSSR count). The van der Waals surface area contributed by atoms with Crippen molar-refractivity contribution in [3.63, 3.8) is 0 Å². The Kier molecular flexibility index (Phi) is 6.10. The summed E-state index contributed by atoms with van der Waals surface area (Å²) >= 11 is 0. The number of amides is 1. The van der Waals surface area contributed by atoms with Crippen molar-refractivity contribution in [3.8, 4) is 23.0 Å². The molecule has 7 nitrogen and oxygen atoms in total. The fourth-order valence-corrected chi connectivity index (χ4v) is 3.01. The molecule has 158 valence electrons. The van der Waals surface area contributed by atoms with Gasteiger partial charge in [-0.1, -0.05) is 32.9 Å². The first kappa shape index (κ1) is 21.4. The minimum absolute atomic E-state index is 0.0395. The number of hydrogen-bond acceptors (Lipinski definition) is 6. The number of nitrogens with zero attached hydrogens (tertiary/aromatic N) is 3. The average Bonchev–Trinajstić information content (AvgIpc) is 3.20. The van der Waals surface area contributed by atoms with E-state index in [0.29, 0.717) is 34.4 Å². The summed E-state index contributed by atoms with van der Waals surface area (Å²) in [4.78, 5) is 14.3. The first-order chi connectivity index (χ1) is 14.2. The summed E-state index contributed by atoms with van der Waals surface area (Å²) < 4.78 is 16.3. The second-order valence-electron chi connectivity index (χ2n) is 8.06. The van der Waals surface area contributed by atoms with Crippen LogP contribution in [0.25, 0.3) is 11.5 Å². The number of aromatic nitrogens is 2. The van der Waals surface area contributed by atoms with Crippen LogP contribution in [0.3, 0.4) is 0 Å². The van der Waals surface area contributed by atoms with E-state index in [-0.39, 0.29) is 17.9 Å². The highest BCUT2D eigenvalue weighted by Gasteiger charge is 2.18. The number of benzene rings is 2. The molecular formula is C23H27N3O4. The van der Waals surface area contributed by atoms with Crippen LogP contribution in [0, 0.1) is 0 Å². The monoisotopic (exact) mass is 409 g/mol. The Morgan fingerprint density at radius 2 is 1.67 bits per heavy atom. The molecule has 0 aliphatic rings. The van der Waals surface area contributed by atoms with Crippen LogP contribution < -0.4 is 9.47 Å². The van der Waals surface area contributed by atoms with Crippen LogP contribution in [0.15, 0.2) is 46.9 Å². The predicted octanol–water partition coefficient (Wildman–Crippen LogP) is 4.32. The molecule has 2 aromatic carbocycles. The van der Waals surface area contributed by atoms with Crippen LogP contribution in [0.4, 0.5) is 0 Å². The van der Waals surface area contributed by atoms with E-state index < -0.39 is 0 Å². The largest absolute Gasteiger partial charge is 0.493 e. The first-order valence-electron chi connectivity index (χ1n) is 9.63. The van der Waals surface area contributed by atoms with Crippen molar-refractivity contribution >= 4 is 5.91 Å². The van der Waals surface area contributed by atoms with Crippen molar-refractivity contribution in [1.29, 1.82) is 0 Å². The third kappa shape index (κ3) is 4.62. The number of rotatable bonds is 6. The fourth-order valence-electron chi connectivity index (χ4n) is 3.01. The Hall–Kier alpha value is -3.35. The molecule has 1 aromatic heterocycles. The summed E-state index contributed by atoms with van der Waals surface area (Å²) in [7, 11) is 4.85. The van der Waals surface area contributed by atoms with Gasteiger partial charge < -0.3 is 18.8 Å². The van der Waals surface area contributed by atoms with Gasteiger partial charge in [0, 0.05) is 18.2 Å². The Morgan fingerprint density at radius 1 is 1.00 bits per heavy atom. The normalized spacial score (nSPS) is 11.3. The van der Waals surface area contributed by atoms with Crippen molar-refractivity contribution in [2.24, 2.45) is 0 Å². The van der Waals surface area contributed by atoms with Gasteiger partial charge in [-0.3, -0.25) is 4.79 Å². The van der Waals surface area contributed by atoms with Crippen molar-refractivity contribution < 1.29 is 18.7 Å². The Balaban J connectivity index is 1.71. The van der Waals surface area contributed by atoms with Crippen LogP contribution in [0.1, 0.15) is 42.6 Å². The summed E-state index contributed by atoms with van der Waals surface area (Å²) in [5, 5.41) is 8.16. The van der Waals surface area contributed by atoms with E-state index in [4.69, 9.17) is 13.9 Å². The smallest absolute Gasteiger partial charge is 0.254 e. The standard InChI is InChI=1S/C23H27N3O4/c1-23(2,3)17-10-7-15(8-11-17)22(27)26(4)14-20-24-25-21(30-20)16-9-12-18(28-5)19(13-16)29-6/h7-13H,14H2,1-6H3. The minimum atomic E-state index is -0.110. The van der Waals surface area contributed by atoms with Gasteiger partial charge in [-0.15, -0.1) is 10.2 Å². The summed E-state index contributed by atoms with van der Waals surface area (Å²) in [6.45, 7) is 6.63. The fraction of sp³-hybridized carbons (Fsp3) is 0.348. The molecule has 0 aliphatic heterocycles. The second-order valence-corrected chi connectivity index (χ2v) is 8.06. The van der Waals surface area contributed by atoms with Crippen molar-refractivity contribution in [2.75, 3.05) is 21.3 Å². The quantitative estimate of drug-likeness (QED) is 0.603. The van der Waals surface area contributed by atoms with Gasteiger partial charge in [0.2, 0.25) is 11.8 Å². The summed E-state index contributed by atoms with van der Waals surface area (Å²) in [5.41, 5.74) is 2.54. The van der Waals surface area contributed by atoms with E-state index in [1.165, 1.54) is 5.56 Å². The molecule has 0 atom stereocenters. The molecule has 0 radical (unpaired) electrons. The molecule has 0 unspecified atom stereocenters. The van der Waals surface area contributed by atoms with Crippen LogP contribution in [-0.2, 0) is 12.0 Å². The Bertz CT molecular complexity index is 1020. The molecule has 0 N–H and O–H groups in total. The lowest BCUT2D eigenvalue weighted by Gasteiger charge is -2.20.